The Balaban J connectivity index is 2.59. The van der Waals surface area contributed by atoms with Crippen molar-refractivity contribution in [2.45, 2.75) is 12.4 Å². The van der Waals surface area contributed by atoms with E-state index in [0.29, 0.717) is 0 Å². The lowest BCUT2D eigenvalue weighted by molar-refractivity contribution is 1.07. The first-order valence-corrected chi connectivity index (χ1v) is 4.02. The molecule has 0 saturated carbocycles. The van der Waals surface area contributed by atoms with Crippen molar-refractivity contribution in [3.05, 3.63) is 0 Å². The van der Waals surface area contributed by atoms with Gasteiger partial charge in [-0.05, 0) is 12.8 Å². The molecule has 0 N–H and O–H groups in total. The number of hydrogen-bond donors (Lipinski definition) is 0. The van der Waals surface area contributed by atoms with Gasteiger partial charge in [0.2, 0.25) is 0 Å². The fourth-order valence-corrected chi connectivity index (χ4v) is 1.62. The zero-order valence-electron chi connectivity index (χ0n) is 5.02. The lowest BCUT2D eigenvalue weighted by atomic mass is 10.6. The highest BCUT2D eigenvalue weighted by Crippen LogP contribution is 2.19. The third-order valence-electron chi connectivity index (χ3n) is 0.847. The van der Waals surface area contributed by atoms with E-state index in [1.807, 2.05) is 0 Å². The Morgan fingerprint density at radius 3 is 3.11 bits per heavy atom. The van der Waals surface area contributed by atoms with Gasteiger partial charge in [0, 0.05) is 5.75 Å². The minimum Gasteiger partial charge on any atom is -0.249 e. The quantitative estimate of drug-likeness (QED) is 0.298. The van der Waals surface area contributed by atoms with Gasteiger partial charge < -0.3 is 0 Å². The third kappa shape index (κ3) is 1.92. The molecule has 0 aromatic heterocycles. The van der Waals surface area contributed by atoms with Crippen molar-refractivity contribution in [1.82, 2.24) is 0 Å². The molecule has 1 nitrogen and oxygen atoms in total. The van der Waals surface area contributed by atoms with Gasteiger partial charge in [0.25, 0.3) is 0 Å². The Kier molecular flexibility index (Phi) is 2.44. The molecular formula is C6H6ClNS. The largest absolute Gasteiger partial charge is 0.249 e. The Hall–Kier alpha value is -0.130. The van der Waals surface area contributed by atoms with Gasteiger partial charge in [-0.15, -0.1) is 0 Å². The summed E-state index contributed by atoms with van der Waals surface area (Å²) in [7, 11) is 0. The second-order valence-corrected chi connectivity index (χ2v) is 3.07. The monoisotopic (exact) mass is 159 g/mol. The van der Waals surface area contributed by atoms with Gasteiger partial charge in [0.15, 0.2) is 0 Å². The summed E-state index contributed by atoms with van der Waals surface area (Å²) in [5.74, 6) is 6.49. The maximum absolute atomic E-state index is 5.67. The Bertz CT molecular complexity index is 189. The highest BCUT2D eigenvalue weighted by atomic mass is 35.5. The second kappa shape index (κ2) is 3.14. The highest BCUT2D eigenvalue weighted by molar-refractivity contribution is 8.14. The van der Waals surface area contributed by atoms with Crippen LogP contribution >= 0.6 is 23.4 Å². The first-order chi connectivity index (χ1) is 4.33. The molecule has 1 heterocycles. The van der Waals surface area contributed by atoms with E-state index in [9.17, 15) is 0 Å². The molecule has 1 aliphatic heterocycles. The molecule has 9 heavy (non-hydrogen) atoms. The van der Waals surface area contributed by atoms with E-state index < -0.39 is 0 Å². The van der Waals surface area contributed by atoms with Crippen LogP contribution in [0.4, 0.5) is 0 Å². The maximum Gasteiger partial charge on any atom is 0.143 e. The van der Waals surface area contributed by atoms with E-state index in [1.165, 1.54) is 0 Å². The molecule has 0 amide bonds. The molecule has 0 radical (unpaired) electrons. The summed E-state index contributed by atoms with van der Waals surface area (Å²) >= 11 is 7.29. The van der Waals surface area contributed by atoms with Crippen LogP contribution in [0.5, 0.6) is 0 Å². The standard InChI is InChI=1S/C6H6ClNS/c1-2-3-6-8-5(7)4-9-6/h5H,4H2,1H3. The van der Waals surface area contributed by atoms with Gasteiger partial charge in [-0.3, -0.25) is 0 Å². The van der Waals surface area contributed by atoms with E-state index in [-0.39, 0.29) is 5.50 Å². The van der Waals surface area contributed by atoms with Gasteiger partial charge in [0.1, 0.15) is 10.5 Å². The van der Waals surface area contributed by atoms with Crippen LogP contribution < -0.4 is 0 Å². The first-order valence-electron chi connectivity index (χ1n) is 2.60. The molecule has 0 saturated heterocycles. The van der Waals surface area contributed by atoms with E-state index in [1.54, 1.807) is 18.7 Å². The first kappa shape index (κ1) is 6.98. The zero-order chi connectivity index (χ0) is 6.69. The average Bonchev–Trinajstić information content (AvgIpc) is 2.17. The molecule has 0 fully saturated rings. The molecule has 3 heteroatoms. The number of nitrogens with zero attached hydrogens (tertiary/aromatic N) is 1. The summed E-state index contributed by atoms with van der Waals surface area (Å²) in [5.41, 5.74) is -0.0501. The molecule has 1 aliphatic rings. The van der Waals surface area contributed by atoms with Crippen LogP contribution in [0.3, 0.4) is 0 Å². The highest BCUT2D eigenvalue weighted by Gasteiger charge is 2.12. The number of hydrogen-bond acceptors (Lipinski definition) is 2. The fourth-order valence-electron chi connectivity index (χ4n) is 0.525. The summed E-state index contributed by atoms with van der Waals surface area (Å²) < 4.78 is 0. The van der Waals surface area contributed by atoms with Crippen LogP contribution in [0.2, 0.25) is 0 Å². The van der Waals surface area contributed by atoms with Gasteiger partial charge in [-0.1, -0.05) is 29.3 Å². The van der Waals surface area contributed by atoms with Gasteiger partial charge in [-0.2, -0.15) is 0 Å². The van der Waals surface area contributed by atoms with Crippen molar-refractivity contribution in [2.24, 2.45) is 4.99 Å². The predicted octanol–water partition coefficient (Wildman–Crippen LogP) is 1.72. The Morgan fingerprint density at radius 2 is 2.67 bits per heavy atom. The minimum atomic E-state index is -0.0501. The molecular weight excluding hydrogens is 154 g/mol. The van der Waals surface area contributed by atoms with Crippen molar-refractivity contribution < 1.29 is 0 Å². The molecule has 1 rings (SSSR count). The smallest absolute Gasteiger partial charge is 0.143 e. The summed E-state index contributed by atoms with van der Waals surface area (Å²) in [4.78, 5) is 4.05. The van der Waals surface area contributed by atoms with Crippen LogP contribution in [0.25, 0.3) is 0 Å². The summed E-state index contributed by atoms with van der Waals surface area (Å²) in [6.07, 6.45) is 0. The molecule has 1 unspecified atom stereocenters. The molecule has 0 aromatic rings. The van der Waals surface area contributed by atoms with Crippen LogP contribution in [-0.4, -0.2) is 16.3 Å². The lowest BCUT2D eigenvalue weighted by Gasteiger charge is -1.84. The Labute approximate surface area is 63.9 Å². The van der Waals surface area contributed by atoms with E-state index in [0.717, 1.165) is 10.8 Å². The van der Waals surface area contributed by atoms with Crippen LogP contribution in [0.15, 0.2) is 4.99 Å². The predicted molar refractivity (Wildman–Crippen MR) is 43.0 cm³/mol. The number of halogens is 1. The van der Waals surface area contributed by atoms with Gasteiger partial charge in [-0.25, -0.2) is 4.99 Å². The average molecular weight is 160 g/mol. The number of thioether (sulfide) groups is 1. The van der Waals surface area contributed by atoms with Gasteiger partial charge >= 0.3 is 0 Å². The van der Waals surface area contributed by atoms with Crippen molar-refractivity contribution >= 4 is 28.4 Å². The lowest BCUT2D eigenvalue weighted by Crippen LogP contribution is -1.87. The van der Waals surface area contributed by atoms with E-state index in [2.05, 4.69) is 16.8 Å². The normalized spacial score (nSPS) is 24.7. The van der Waals surface area contributed by atoms with Crippen LogP contribution in [0, 0.1) is 11.8 Å². The Morgan fingerprint density at radius 1 is 1.89 bits per heavy atom. The third-order valence-corrected chi connectivity index (χ3v) is 2.25. The van der Waals surface area contributed by atoms with Crippen molar-refractivity contribution in [1.29, 1.82) is 0 Å². The molecule has 0 spiro atoms. The van der Waals surface area contributed by atoms with Crippen molar-refractivity contribution in [3.8, 4) is 11.8 Å². The maximum atomic E-state index is 5.67. The van der Waals surface area contributed by atoms with Crippen LogP contribution in [-0.2, 0) is 0 Å². The molecule has 0 aromatic carbocycles. The zero-order valence-corrected chi connectivity index (χ0v) is 6.59. The minimum absolute atomic E-state index is 0.0501. The summed E-state index contributed by atoms with van der Waals surface area (Å²) in [6.45, 7) is 1.80. The fraction of sp³-hybridized carbons (Fsp3) is 0.500. The summed E-state index contributed by atoms with van der Waals surface area (Å²) in [5, 5.41) is 0.873. The molecule has 1 atom stereocenters. The van der Waals surface area contributed by atoms with E-state index >= 15 is 0 Å². The molecule has 48 valence electrons. The summed E-state index contributed by atoms with van der Waals surface area (Å²) in [6, 6.07) is 0. The second-order valence-electron chi connectivity index (χ2n) is 1.55. The number of rotatable bonds is 0. The number of alkyl halides is 1. The number of aliphatic imine (C=N–C) groups is 1. The topological polar surface area (TPSA) is 12.4 Å². The van der Waals surface area contributed by atoms with Crippen molar-refractivity contribution in [3.63, 3.8) is 0 Å². The molecule has 0 aliphatic carbocycles. The SMILES string of the molecule is CC#CC1=NC(Cl)CS1. The van der Waals surface area contributed by atoms with Gasteiger partial charge in [0.05, 0.1) is 0 Å². The van der Waals surface area contributed by atoms with Crippen molar-refractivity contribution in [2.75, 3.05) is 5.75 Å². The van der Waals surface area contributed by atoms with Crippen LogP contribution in [0.1, 0.15) is 6.92 Å². The van der Waals surface area contributed by atoms with E-state index in [4.69, 9.17) is 11.6 Å². The molecule has 0 bridgehead atoms.